The summed E-state index contributed by atoms with van der Waals surface area (Å²) in [5, 5.41) is 8.05. The molecule has 2 heterocycles. The number of fused-ring (bicyclic) bond motifs is 1. The Bertz CT molecular complexity index is 967. The zero-order chi connectivity index (χ0) is 18.1. The van der Waals surface area contributed by atoms with Crippen molar-refractivity contribution < 1.29 is 9.53 Å². The van der Waals surface area contributed by atoms with Gasteiger partial charge in [-0.2, -0.15) is 5.10 Å². The predicted octanol–water partition coefficient (Wildman–Crippen LogP) is 4.09. The molecule has 0 saturated heterocycles. The van der Waals surface area contributed by atoms with Crippen molar-refractivity contribution in [3.8, 4) is 11.4 Å². The second-order valence-electron chi connectivity index (χ2n) is 6.21. The Labute approximate surface area is 156 Å². The van der Waals surface area contributed by atoms with Crippen LogP contribution in [0.1, 0.15) is 34.1 Å². The third-order valence-corrected chi connectivity index (χ3v) is 4.92. The van der Waals surface area contributed by atoms with Gasteiger partial charge in [0, 0.05) is 12.0 Å². The van der Waals surface area contributed by atoms with Crippen LogP contribution in [0.15, 0.2) is 54.7 Å². The number of carbonyl (C=O) groups is 1. The Morgan fingerprint density at radius 1 is 1.23 bits per heavy atom. The second kappa shape index (κ2) is 6.84. The maximum absolute atomic E-state index is 12.8. The monoisotopic (exact) mass is 367 g/mol. The molecule has 1 aliphatic heterocycles. The molecule has 1 aliphatic rings. The molecule has 1 aromatic heterocycles. The van der Waals surface area contributed by atoms with Gasteiger partial charge in [-0.25, -0.2) is 4.68 Å². The molecule has 4 rings (SSSR count). The van der Waals surface area contributed by atoms with Crippen LogP contribution >= 0.6 is 11.6 Å². The van der Waals surface area contributed by atoms with Crippen LogP contribution in [0, 0.1) is 6.92 Å². The van der Waals surface area contributed by atoms with Crippen molar-refractivity contribution in [3.63, 3.8) is 0 Å². The highest BCUT2D eigenvalue weighted by Crippen LogP contribution is 2.32. The standard InChI is InChI=1S/C20H18ClN3O2/c1-13-15(12-22-24(13)18-8-4-3-7-16(18)21)20(25)23-17-10-11-26-19-9-5-2-6-14(17)19/h2-9,12,17H,10-11H2,1H3,(H,23,25). The predicted molar refractivity (Wildman–Crippen MR) is 100 cm³/mol. The molecule has 1 unspecified atom stereocenters. The summed E-state index contributed by atoms with van der Waals surface area (Å²) in [7, 11) is 0. The van der Waals surface area contributed by atoms with Gasteiger partial charge < -0.3 is 10.1 Å². The van der Waals surface area contributed by atoms with E-state index in [1.54, 1.807) is 16.9 Å². The highest BCUT2D eigenvalue weighted by molar-refractivity contribution is 6.32. The van der Waals surface area contributed by atoms with Crippen LogP contribution < -0.4 is 10.1 Å². The lowest BCUT2D eigenvalue weighted by molar-refractivity contribution is 0.0924. The molecule has 2 aromatic carbocycles. The first kappa shape index (κ1) is 16.7. The zero-order valence-electron chi connectivity index (χ0n) is 14.3. The average Bonchev–Trinajstić information content (AvgIpc) is 3.04. The van der Waals surface area contributed by atoms with Crippen molar-refractivity contribution in [2.24, 2.45) is 0 Å². The van der Waals surface area contributed by atoms with Crippen LogP contribution in [0.2, 0.25) is 5.02 Å². The van der Waals surface area contributed by atoms with Gasteiger partial charge in [-0.05, 0) is 25.1 Å². The van der Waals surface area contributed by atoms with Crippen LogP contribution in [0.4, 0.5) is 0 Å². The summed E-state index contributed by atoms with van der Waals surface area (Å²) in [6.45, 7) is 2.45. The van der Waals surface area contributed by atoms with Gasteiger partial charge in [0.15, 0.2) is 0 Å². The van der Waals surface area contributed by atoms with Crippen LogP contribution in [0.25, 0.3) is 5.69 Å². The summed E-state index contributed by atoms with van der Waals surface area (Å²) < 4.78 is 7.35. The number of para-hydroxylation sites is 2. The number of halogens is 1. The molecule has 0 aliphatic carbocycles. The van der Waals surface area contributed by atoms with Crippen molar-refractivity contribution in [2.45, 2.75) is 19.4 Å². The van der Waals surface area contributed by atoms with E-state index in [0.29, 0.717) is 17.2 Å². The van der Waals surface area contributed by atoms with Gasteiger partial charge in [-0.15, -0.1) is 0 Å². The number of rotatable bonds is 3. The number of aromatic nitrogens is 2. The van der Waals surface area contributed by atoms with E-state index >= 15 is 0 Å². The molecule has 1 amide bonds. The fraction of sp³-hybridized carbons (Fsp3) is 0.200. The maximum atomic E-state index is 12.8. The molecule has 26 heavy (non-hydrogen) atoms. The molecule has 0 spiro atoms. The second-order valence-corrected chi connectivity index (χ2v) is 6.62. The summed E-state index contributed by atoms with van der Waals surface area (Å²) in [6.07, 6.45) is 2.32. The van der Waals surface area contributed by atoms with E-state index in [4.69, 9.17) is 16.3 Å². The van der Waals surface area contributed by atoms with Gasteiger partial charge >= 0.3 is 0 Å². The summed E-state index contributed by atoms with van der Waals surface area (Å²) in [4.78, 5) is 12.8. The normalized spacial score (nSPS) is 15.8. The number of hydrogen-bond acceptors (Lipinski definition) is 3. The molecule has 0 fully saturated rings. The maximum Gasteiger partial charge on any atom is 0.255 e. The quantitative estimate of drug-likeness (QED) is 0.758. The number of hydrogen-bond donors (Lipinski definition) is 1. The number of benzene rings is 2. The van der Waals surface area contributed by atoms with Crippen LogP contribution in [0.5, 0.6) is 5.75 Å². The molecule has 5 nitrogen and oxygen atoms in total. The Hall–Kier alpha value is -2.79. The van der Waals surface area contributed by atoms with E-state index in [9.17, 15) is 4.79 Å². The highest BCUT2D eigenvalue weighted by Gasteiger charge is 2.25. The topological polar surface area (TPSA) is 56.1 Å². The largest absolute Gasteiger partial charge is 0.493 e. The summed E-state index contributed by atoms with van der Waals surface area (Å²) >= 11 is 6.26. The van der Waals surface area contributed by atoms with Crippen LogP contribution in [-0.2, 0) is 0 Å². The lowest BCUT2D eigenvalue weighted by Gasteiger charge is -2.26. The Morgan fingerprint density at radius 2 is 2.00 bits per heavy atom. The lowest BCUT2D eigenvalue weighted by atomic mass is 10.0. The Morgan fingerprint density at radius 3 is 2.85 bits per heavy atom. The van der Waals surface area contributed by atoms with E-state index in [2.05, 4.69) is 10.4 Å². The van der Waals surface area contributed by atoms with Gasteiger partial charge in [0.25, 0.3) is 5.91 Å². The Balaban J connectivity index is 1.60. The highest BCUT2D eigenvalue weighted by atomic mass is 35.5. The molecule has 0 saturated carbocycles. The van der Waals surface area contributed by atoms with E-state index in [1.807, 2.05) is 49.4 Å². The van der Waals surface area contributed by atoms with Gasteiger partial charge in [0.1, 0.15) is 5.75 Å². The van der Waals surface area contributed by atoms with E-state index < -0.39 is 0 Å². The third-order valence-electron chi connectivity index (χ3n) is 4.60. The smallest absolute Gasteiger partial charge is 0.255 e. The minimum atomic E-state index is -0.150. The van der Waals surface area contributed by atoms with Gasteiger partial charge in [-0.3, -0.25) is 4.79 Å². The molecule has 3 aromatic rings. The van der Waals surface area contributed by atoms with Crippen molar-refractivity contribution >= 4 is 17.5 Å². The van der Waals surface area contributed by atoms with E-state index in [1.165, 1.54) is 0 Å². The third kappa shape index (κ3) is 2.95. The number of carbonyl (C=O) groups excluding carboxylic acids is 1. The van der Waals surface area contributed by atoms with Crippen molar-refractivity contribution in [1.29, 1.82) is 0 Å². The molecule has 0 bridgehead atoms. The number of nitrogens with zero attached hydrogens (tertiary/aromatic N) is 2. The van der Waals surface area contributed by atoms with Gasteiger partial charge in [-0.1, -0.05) is 41.9 Å². The van der Waals surface area contributed by atoms with Crippen molar-refractivity contribution in [2.75, 3.05) is 6.61 Å². The summed E-state index contributed by atoms with van der Waals surface area (Å²) in [5.74, 6) is 0.676. The first-order chi connectivity index (χ1) is 12.6. The first-order valence-electron chi connectivity index (χ1n) is 8.47. The molecule has 132 valence electrons. The van der Waals surface area contributed by atoms with Crippen LogP contribution in [-0.4, -0.2) is 22.3 Å². The summed E-state index contributed by atoms with van der Waals surface area (Å²) in [6, 6.07) is 15.1. The molecule has 6 heteroatoms. The molecule has 1 N–H and O–H groups in total. The number of amides is 1. The van der Waals surface area contributed by atoms with Crippen LogP contribution in [0.3, 0.4) is 0 Å². The van der Waals surface area contributed by atoms with E-state index in [-0.39, 0.29) is 11.9 Å². The fourth-order valence-corrected chi connectivity index (χ4v) is 3.44. The number of ether oxygens (including phenoxy) is 1. The average molecular weight is 368 g/mol. The minimum absolute atomic E-state index is 0.0736. The van der Waals surface area contributed by atoms with Gasteiger partial charge in [0.05, 0.1) is 40.8 Å². The fourth-order valence-electron chi connectivity index (χ4n) is 3.23. The molecule has 1 atom stereocenters. The number of nitrogens with one attached hydrogen (secondary N) is 1. The molecular weight excluding hydrogens is 350 g/mol. The molecular formula is C20H18ClN3O2. The molecule has 0 radical (unpaired) electrons. The van der Waals surface area contributed by atoms with Crippen molar-refractivity contribution in [1.82, 2.24) is 15.1 Å². The first-order valence-corrected chi connectivity index (χ1v) is 8.85. The van der Waals surface area contributed by atoms with E-state index in [0.717, 1.165) is 29.1 Å². The minimum Gasteiger partial charge on any atom is -0.493 e. The Kier molecular flexibility index (Phi) is 4.39. The lowest BCUT2D eigenvalue weighted by Crippen LogP contribution is -2.32. The SMILES string of the molecule is Cc1c(C(=O)NC2CCOc3ccccc32)cnn1-c1ccccc1Cl. The summed E-state index contributed by atoms with van der Waals surface area (Å²) in [5.41, 5.74) is 3.04. The van der Waals surface area contributed by atoms with Gasteiger partial charge in [0.2, 0.25) is 0 Å². The van der Waals surface area contributed by atoms with Crippen molar-refractivity contribution in [3.05, 3.63) is 76.6 Å². The zero-order valence-corrected chi connectivity index (χ0v) is 15.0.